The Bertz CT molecular complexity index is 1460. The van der Waals surface area contributed by atoms with Crippen LogP contribution in [-0.2, 0) is 20.7 Å². The molecule has 4 rings (SSSR count). The first-order valence-corrected chi connectivity index (χ1v) is 14.7. The second-order valence-electron chi connectivity index (χ2n) is 11.7. The van der Waals surface area contributed by atoms with Crippen molar-refractivity contribution in [1.82, 2.24) is 9.80 Å². The number of carbonyl (C=O) groups excluding carboxylic acids is 2. The second kappa shape index (κ2) is 13.1. The number of piperidine rings is 1. The molecule has 2 aliphatic heterocycles. The van der Waals surface area contributed by atoms with E-state index < -0.39 is 47.9 Å². The minimum Gasteiger partial charge on any atom is -0.489 e. The van der Waals surface area contributed by atoms with E-state index in [4.69, 9.17) is 42.1 Å². The zero-order valence-corrected chi connectivity index (χ0v) is 26.5. The molecule has 1 saturated heterocycles. The Balaban J connectivity index is 1.52. The van der Waals surface area contributed by atoms with Crippen LogP contribution in [0, 0.1) is 0 Å². The Hall–Kier alpha value is -3.42. The molecule has 15 heteroatoms. The largest absolute Gasteiger partial charge is 0.490 e. The van der Waals surface area contributed by atoms with Gasteiger partial charge in [-0.15, -0.1) is 0 Å². The number of hydrogen-bond donors (Lipinski definition) is 1. The Morgan fingerprint density at radius 3 is 2.36 bits per heavy atom. The van der Waals surface area contributed by atoms with Crippen LogP contribution < -0.4 is 14.2 Å². The lowest BCUT2D eigenvalue weighted by Gasteiger charge is -2.39. The van der Waals surface area contributed by atoms with Gasteiger partial charge in [0, 0.05) is 64.1 Å². The van der Waals surface area contributed by atoms with Gasteiger partial charge in [0.2, 0.25) is 0 Å². The average Bonchev–Trinajstić information content (AvgIpc) is 3.29. The average molecular weight is 678 g/mol. The first-order valence-electron chi connectivity index (χ1n) is 14.0. The number of aliphatic carboxylic acids is 1. The lowest BCUT2D eigenvalue weighted by atomic mass is 9.87. The number of alkyl halides is 3. The van der Waals surface area contributed by atoms with Crippen LogP contribution in [0.1, 0.15) is 42.6 Å². The van der Waals surface area contributed by atoms with E-state index in [0.29, 0.717) is 37.4 Å². The van der Waals surface area contributed by atoms with Gasteiger partial charge in [0.15, 0.2) is 5.60 Å². The zero-order valence-electron chi connectivity index (χ0n) is 25.0. The second-order valence-corrected chi connectivity index (χ2v) is 12.6. The Morgan fingerprint density at radius 1 is 1.09 bits per heavy atom. The summed E-state index contributed by atoms with van der Waals surface area (Å²) in [6.07, 6.45) is -4.86. The van der Waals surface area contributed by atoms with Crippen molar-refractivity contribution < 1.29 is 51.6 Å². The van der Waals surface area contributed by atoms with Crippen LogP contribution in [0.2, 0.25) is 10.0 Å². The van der Waals surface area contributed by atoms with Crippen LogP contribution >= 0.6 is 23.2 Å². The van der Waals surface area contributed by atoms with Gasteiger partial charge in [0.25, 0.3) is 5.91 Å². The molecule has 10 nitrogen and oxygen atoms in total. The Kier molecular flexibility index (Phi) is 10.1. The molecule has 1 atom stereocenters. The lowest BCUT2D eigenvalue weighted by molar-refractivity contribution is -0.206. The summed E-state index contributed by atoms with van der Waals surface area (Å²) in [6.45, 7) is 2.78. The molecule has 2 aromatic rings. The number of likely N-dealkylation sites (tertiary alicyclic amines) is 1. The molecule has 1 spiro atoms. The predicted molar refractivity (Wildman–Crippen MR) is 157 cm³/mol. The molecular formula is C30H33Cl2F3N2O8. The number of carboxylic acid groups (broad SMARTS) is 1. The summed E-state index contributed by atoms with van der Waals surface area (Å²) in [4.78, 5) is 39.5. The summed E-state index contributed by atoms with van der Waals surface area (Å²) >= 11 is 12.4. The summed E-state index contributed by atoms with van der Waals surface area (Å²) in [5.41, 5.74) is -1.27. The fraction of sp³-hybridized carbons (Fsp3) is 0.500. The van der Waals surface area contributed by atoms with Crippen LogP contribution in [0.15, 0.2) is 30.3 Å². The zero-order chi connectivity index (χ0) is 33.3. The quantitative estimate of drug-likeness (QED) is 0.337. The van der Waals surface area contributed by atoms with Gasteiger partial charge in [0.05, 0.1) is 10.6 Å². The molecule has 0 aliphatic carbocycles. The molecular weight excluding hydrogens is 644 g/mol. The van der Waals surface area contributed by atoms with Crippen molar-refractivity contribution in [2.75, 3.05) is 40.3 Å². The standard InChI is InChI=1S/C30H33Cl2F3N2O8/c1-28(2,26(39)40)44-24-13-23(20(12-21(24)32)25(38)36(3)4)42-16-19(43-27(41)30(33,34)35)15-37-9-7-29(8-10-37)14-17-11-18(31)5-6-22(17)45-29/h5-6,11-13,19H,7-10,14-16H2,1-4H3,(H,39,40)/t19-/m0/s1. The fourth-order valence-corrected chi connectivity index (χ4v) is 5.49. The number of esters is 1. The van der Waals surface area contributed by atoms with Crippen LogP contribution in [0.4, 0.5) is 13.2 Å². The normalized spacial score (nSPS) is 16.8. The fourth-order valence-electron chi connectivity index (χ4n) is 5.10. The predicted octanol–water partition coefficient (Wildman–Crippen LogP) is 5.26. The van der Waals surface area contributed by atoms with Gasteiger partial charge in [0.1, 0.15) is 35.6 Å². The van der Waals surface area contributed by atoms with Crippen molar-refractivity contribution in [3.05, 3.63) is 51.5 Å². The van der Waals surface area contributed by atoms with Gasteiger partial charge >= 0.3 is 18.1 Å². The molecule has 2 heterocycles. The van der Waals surface area contributed by atoms with Crippen molar-refractivity contribution in [3.63, 3.8) is 0 Å². The highest BCUT2D eigenvalue weighted by molar-refractivity contribution is 6.32. The maximum atomic E-state index is 13.2. The summed E-state index contributed by atoms with van der Waals surface area (Å²) in [5.74, 6) is -3.79. The molecule has 1 amide bonds. The number of hydrogen-bond acceptors (Lipinski definition) is 8. The van der Waals surface area contributed by atoms with E-state index in [0.717, 1.165) is 11.3 Å². The monoisotopic (exact) mass is 676 g/mol. The molecule has 2 aromatic carbocycles. The summed E-state index contributed by atoms with van der Waals surface area (Å²) in [5, 5.41) is 9.97. The van der Waals surface area contributed by atoms with Crippen molar-refractivity contribution in [2.45, 2.75) is 56.6 Å². The Labute approximate surface area is 267 Å². The third kappa shape index (κ3) is 8.25. The highest BCUT2D eigenvalue weighted by Crippen LogP contribution is 2.42. The summed E-state index contributed by atoms with van der Waals surface area (Å²) in [6, 6.07) is 7.80. The topological polar surface area (TPSA) is 115 Å². The molecule has 0 bridgehead atoms. The molecule has 0 aromatic heterocycles. The molecule has 0 unspecified atom stereocenters. The number of ether oxygens (including phenoxy) is 4. The van der Waals surface area contributed by atoms with Crippen molar-refractivity contribution in [1.29, 1.82) is 0 Å². The number of carbonyl (C=O) groups is 3. The molecule has 1 fully saturated rings. The first-order chi connectivity index (χ1) is 20.9. The SMILES string of the molecule is CN(C)C(=O)c1cc(Cl)c(OC(C)(C)C(=O)O)cc1OC[C@H](CN1CCC2(CC1)Cc1cc(Cl)ccc1O2)OC(=O)C(F)(F)F. The Morgan fingerprint density at radius 2 is 1.76 bits per heavy atom. The summed E-state index contributed by atoms with van der Waals surface area (Å²) in [7, 11) is 2.94. The van der Waals surface area contributed by atoms with E-state index >= 15 is 0 Å². The minimum absolute atomic E-state index is 0.0654. The first kappa shape index (κ1) is 34.5. The number of halogens is 5. The molecule has 246 valence electrons. The van der Waals surface area contributed by atoms with Crippen LogP contribution in [0.3, 0.4) is 0 Å². The van der Waals surface area contributed by atoms with E-state index in [9.17, 15) is 32.7 Å². The van der Waals surface area contributed by atoms with Crippen LogP contribution in [0.5, 0.6) is 17.2 Å². The number of rotatable bonds is 10. The van der Waals surface area contributed by atoms with Crippen molar-refractivity contribution in [2.24, 2.45) is 0 Å². The number of fused-ring (bicyclic) bond motifs is 1. The van der Waals surface area contributed by atoms with Crippen LogP contribution in [-0.4, -0.2) is 96.6 Å². The molecule has 2 aliphatic rings. The molecule has 0 radical (unpaired) electrons. The maximum absolute atomic E-state index is 13.2. The highest BCUT2D eigenvalue weighted by Gasteiger charge is 2.45. The molecule has 0 saturated carbocycles. The van der Waals surface area contributed by atoms with Gasteiger partial charge in [-0.05, 0) is 43.7 Å². The number of benzene rings is 2. The van der Waals surface area contributed by atoms with Gasteiger partial charge in [-0.2, -0.15) is 13.2 Å². The minimum atomic E-state index is -5.25. The highest BCUT2D eigenvalue weighted by atomic mass is 35.5. The third-order valence-corrected chi connectivity index (χ3v) is 8.10. The summed E-state index contributed by atoms with van der Waals surface area (Å²) < 4.78 is 62.0. The number of nitrogens with zero attached hydrogens (tertiary/aromatic N) is 2. The lowest BCUT2D eigenvalue weighted by Crippen LogP contribution is -2.50. The maximum Gasteiger partial charge on any atom is 0.490 e. The van der Waals surface area contributed by atoms with Gasteiger partial charge in [-0.3, -0.25) is 9.69 Å². The van der Waals surface area contributed by atoms with Crippen molar-refractivity contribution >= 4 is 41.0 Å². The number of amides is 1. The van der Waals surface area contributed by atoms with E-state index in [2.05, 4.69) is 0 Å². The van der Waals surface area contributed by atoms with Crippen LogP contribution in [0.25, 0.3) is 0 Å². The van der Waals surface area contributed by atoms with E-state index in [1.807, 2.05) is 17.0 Å². The van der Waals surface area contributed by atoms with E-state index in [-0.39, 0.29) is 28.6 Å². The number of carboxylic acids is 1. The van der Waals surface area contributed by atoms with Crippen molar-refractivity contribution in [3.8, 4) is 17.2 Å². The molecule has 45 heavy (non-hydrogen) atoms. The smallest absolute Gasteiger partial charge is 0.489 e. The molecule has 1 N–H and O–H groups in total. The van der Waals surface area contributed by atoms with E-state index in [1.54, 1.807) is 6.07 Å². The van der Waals surface area contributed by atoms with Gasteiger partial charge in [-0.25, -0.2) is 9.59 Å². The third-order valence-electron chi connectivity index (χ3n) is 7.57. The van der Waals surface area contributed by atoms with Gasteiger partial charge < -0.3 is 29.0 Å². The van der Waals surface area contributed by atoms with Gasteiger partial charge in [-0.1, -0.05) is 23.2 Å². The van der Waals surface area contributed by atoms with E-state index in [1.165, 1.54) is 45.0 Å².